The minimum Gasteiger partial charge on any atom is -0.872 e. The minimum atomic E-state index is -0.554. The summed E-state index contributed by atoms with van der Waals surface area (Å²) >= 11 is 1.51. The summed E-state index contributed by atoms with van der Waals surface area (Å²) in [6, 6.07) is 5.48. The third-order valence-corrected chi connectivity index (χ3v) is 5.40. The molecule has 1 aliphatic rings. The lowest BCUT2D eigenvalue weighted by atomic mass is 10.1. The number of fused-ring (bicyclic) bond motifs is 1. The number of non-ortho nitro benzene ring substituents is 1. The number of hydrogen-bond acceptors (Lipinski definition) is 5. The normalized spacial score (nSPS) is 13.8. The molecule has 1 aromatic carbocycles. The lowest BCUT2D eigenvalue weighted by Crippen LogP contribution is -2.22. The fourth-order valence-electron chi connectivity index (χ4n) is 2.86. The van der Waals surface area contributed by atoms with E-state index in [4.69, 9.17) is 0 Å². The number of rotatable bonds is 4. The van der Waals surface area contributed by atoms with Crippen molar-refractivity contribution in [1.29, 1.82) is 0 Å². The molecule has 0 saturated carbocycles. The van der Waals surface area contributed by atoms with Gasteiger partial charge in [0, 0.05) is 23.6 Å². The Kier molecular flexibility index (Phi) is 4.80. The molecule has 6 nitrogen and oxygen atoms in total. The van der Waals surface area contributed by atoms with E-state index >= 15 is 0 Å². The van der Waals surface area contributed by atoms with Gasteiger partial charge in [-0.15, -0.1) is 17.1 Å². The smallest absolute Gasteiger partial charge is 0.269 e. The lowest BCUT2D eigenvalue weighted by molar-refractivity contribution is -0.385. The highest BCUT2D eigenvalue weighted by atomic mass is 32.1. The fourth-order valence-corrected chi connectivity index (χ4v) is 4.03. The van der Waals surface area contributed by atoms with Crippen LogP contribution in [0.25, 0.3) is 0 Å². The van der Waals surface area contributed by atoms with Crippen LogP contribution in [0.1, 0.15) is 44.9 Å². The van der Waals surface area contributed by atoms with Gasteiger partial charge in [-0.25, -0.2) is 0 Å². The molecule has 24 heavy (non-hydrogen) atoms. The molecule has 0 fully saturated rings. The van der Waals surface area contributed by atoms with Crippen LogP contribution in [0.4, 0.5) is 5.69 Å². The first-order valence-electron chi connectivity index (χ1n) is 7.88. The maximum Gasteiger partial charge on any atom is 0.269 e. The second kappa shape index (κ2) is 7.00. The predicted octanol–water partition coefficient (Wildman–Crippen LogP) is 2.93. The highest BCUT2D eigenvalue weighted by molar-refractivity contribution is 7.14. The van der Waals surface area contributed by atoms with Gasteiger partial charge in [-0.1, -0.05) is 12.5 Å². The molecule has 1 heterocycles. The molecule has 0 radical (unpaired) electrons. The van der Waals surface area contributed by atoms with Crippen LogP contribution in [0.5, 0.6) is 5.75 Å². The lowest BCUT2D eigenvalue weighted by Gasteiger charge is -2.13. The molecular formula is C17H17N2O4S-. The molecule has 1 aliphatic carbocycles. The van der Waals surface area contributed by atoms with Crippen LogP contribution < -0.4 is 10.4 Å². The monoisotopic (exact) mass is 345 g/mol. The van der Waals surface area contributed by atoms with Crippen molar-refractivity contribution in [1.82, 2.24) is 5.32 Å². The molecule has 0 unspecified atom stereocenters. The van der Waals surface area contributed by atoms with E-state index in [1.807, 2.05) is 6.07 Å². The highest BCUT2D eigenvalue weighted by Crippen LogP contribution is 2.29. The average molecular weight is 345 g/mol. The number of benzene rings is 1. The second-order valence-corrected chi connectivity index (χ2v) is 6.99. The molecule has 0 aliphatic heterocycles. The van der Waals surface area contributed by atoms with E-state index in [1.54, 1.807) is 0 Å². The number of nitro groups is 1. The fraction of sp³-hybridized carbons (Fsp3) is 0.353. The molecular weight excluding hydrogens is 328 g/mol. The first kappa shape index (κ1) is 16.4. The van der Waals surface area contributed by atoms with Crippen molar-refractivity contribution in [3.8, 4) is 5.75 Å². The second-order valence-electron chi connectivity index (χ2n) is 5.85. The zero-order chi connectivity index (χ0) is 17.1. The Labute approximate surface area is 143 Å². The Morgan fingerprint density at radius 1 is 1.21 bits per heavy atom. The van der Waals surface area contributed by atoms with E-state index in [-0.39, 0.29) is 29.5 Å². The number of thiophene rings is 1. The molecule has 1 aromatic heterocycles. The van der Waals surface area contributed by atoms with Crippen molar-refractivity contribution in [3.63, 3.8) is 0 Å². The SMILES string of the molecule is O=C(NCc1cc([N+](=O)[O-])ccc1[O-])c1cc2c(s1)CCCCC2. The van der Waals surface area contributed by atoms with Gasteiger partial charge in [0.15, 0.2) is 0 Å². The largest absolute Gasteiger partial charge is 0.872 e. The van der Waals surface area contributed by atoms with Crippen molar-refractivity contribution in [3.05, 3.63) is 55.3 Å². The Hall–Kier alpha value is -2.41. The number of carbonyl (C=O) groups excluding carboxylic acids is 1. The Morgan fingerprint density at radius 3 is 2.79 bits per heavy atom. The van der Waals surface area contributed by atoms with E-state index < -0.39 is 4.92 Å². The zero-order valence-corrected chi connectivity index (χ0v) is 13.9. The van der Waals surface area contributed by atoms with E-state index in [9.17, 15) is 20.0 Å². The van der Waals surface area contributed by atoms with Crippen LogP contribution in [-0.4, -0.2) is 10.8 Å². The van der Waals surface area contributed by atoms with Crippen LogP contribution in [0.15, 0.2) is 24.3 Å². The molecule has 0 saturated heterocycles. The molecule has 7 heteroatoms. The maximum absolute atomic E-state index is 12.3. The molecule has 2 aromatic rings. The minimum absolute atomic E-state index is 0.0120. The van der Waals surface area contributed by atoms with Crippen molar-refractivity contribution in [2.45, 2.75) is 38.6 Å². The van der Waals surface area contributed by atoms with Gasteiger partial charge in [-0.3, -0.25) is 14.9 Å². The number of nitro benzene ring substituents is 1. The standard InChI is InChI=1S/C17H18N2O4S/c20-14-7-6-13(19(22)23)8-12(14)10-18-17(21)16-9-11-4-2-1-3-5-15(11)24-16/h6-9,20H,1-5,10H2,(H,18,21)/p-1. The quantitative estimate of drug-likeness (QED) is 0.523. The van der Waals surface area contributed by atoms with Crippen molar-refractivity contribution < 1.29 is 14.8 Å². The number of carbonyl (C=O) groups is 1. The first-order chi connectivity index (χ1) is 11.5. The number of nitrogens with zero attached hydrogens (tertiary/aromatic N) is 1. The highest BCUT2D eigenvalue weighted by Gasteiger charge is 2.16. The number of hydrogen-bond donors (Lipinski definition) is 1. The van der Waals surface area contributed by atoms with Crippen molar-refractivity contribution in [2.24, 2.45) is 0 Å². The summed E-state index contributed by atoms with van der Waals surface area (Å²) in [5.74, 6) is -0.554. The Balaban J connectivity index is 1.70. The van der Waals surface area contributed by atoms with Gasteiger partial charge in [0.05, 0.1) is 9.80 Å². The van der Waals surface area contributed by atoms with Crippen LogP contribution in [0.2, 0.25) is 0 Å². The molecule has 0 atom stereocenters. The van der Waals surface area contributed by atoms with Crippen LogP contribution in [0, 0.1) is 10.1 Å². The topological polar surface area (TPSA) is 95.3 Å². The van der Waals surface area contributed by atoms with Gasteiger partial charge >= 0.3 is 0 Å². The summed E-state index contributed by atoms with van der Waals surface area (Å²) in [5, 5.41) is 25.2. The van der Waals surface area contributed by atoms with Crippen LogP contribution in [0.3, 0.4) is 0 Å². The average Bonchev–Trinajstić information content (AvgIpc) is 2.84. The molecule has 3 rings (SSSR count). The molecule has 126 valence electrons. The third-order valence-electron chi connectivity index (χ3n) is 4.16. The molecule has 1 N–H and O–H groups in total. The predicted molar refractivity (Wildman–Crippen MR) is 89.3 cm³/mol. The van der Waals surface area contributed by atoms with Gasteiger partial charge in [-0.05, 0) is 42.9 Å². The number of amides is 1. The summed E-state index contributed by atoms with van der Waals surface area (Å²) in [6.45, 7) is -0.0120. The van der Waals surface area contributed by atoms with Crippen molar-refractivity contribution in [2.75, 3.05) is 0 Å². The first-order valence-corrected chi connectivity index (χ1v) is 8.70. The maximum atomic E-state index is 12.3. The van der Waals surface area contributed by atoms with Crippen LogP contribution in [-0.2, 0) is 19.4 Å². The third kappa shape index (κ3) is 3.56. The molecule has 0 bridgehead atoms. The van der Waals surface area contributed by atoms with Gasteiger partial charge in [0.2, 0.25) is 0 Å². The van der Waals surface area contributed by atoms with Crippen molar-refractivity contribution >= 4 is 22.9 Å². The van der Waals surface area contributed by atoms with Crippen LogP contribution >= 0.6 is 11.3 Å². The number of aryl methyl sites for hydroxylation is 2. The summed E-state index contributed by atoms with van der Waals surface area (Å²) in [7, 11) is 0. The number of nitrogens with one attached hydrogen (secondary N) is 1. The van der Waals surface area contributed by atoms with E-state index in [1.165, 1.54) is 40.3 Å². The summed E-state index contributed by atoms with van der Waals surface area (Å²) in [4.78, 5) is 24.5. The van der Waals surface area contributed by atoms with E-state index in [2.05, 4.69) is 5.32 Å². The Morgan fingerprint density at radius 2 is 2.00 bits per heavy atom. The van der Waals surface area contributed by atoms with Gasteiger partial charge in [0.1, 0.15) is 0 Å². The molecule has 1 amide bonds. The Bertz CT molecular complexity index is 761. The summed E-state index contributed by atoms with van der Waals surface area (Å²) < 4.78 is 0. The van der Waals surface area contributed by atoms with E-state index in [0.717, 1.165) is 31.7 Å². The molecule has 0 spiro atoms. The van der Waals surface area contributed by atoms with Gasteiger partial charge < -0.3 is 10.4 Å². The zero-order valence-electron chi connectivity index (χ0n) is 13.0. The van der Waals surface area contributed by atoms with Gasteiger partial charge in [-0.2, -0.15) is 0 Å². The summed E-state index contributed by atoms with van der Waals surface area (Å²) in [6.07, 6.45) is 5.55. The summed E-state index contributed by atoms with van der Waals surface area (Å²) in [5.41, 5.74) is 1.32. The van der Waals surface area contributed by atoms with E-state index in [0.29, 0.717) is 4.88 Å². The van der Waals surface area contributed by atoms with Gasteiger partial charge in [0.25, 0.3) is 11.6 Å².